The molecule has 16 heteroatoms. The number of aliphatic hydroxyl groups excluding tert-OH is 1. The van der Waals surface area contributed by atoms with E-state index >= 15 is 0 Å². The van der Waals surface area contributed by atoms with Crippen molar-refractivity contribution in [2.24, 2.45) is 13.0 Å². The van der Waals surface area contributed by atoms with Gasteiger partial charge in [0.2, 0.25) is 6.79 Å². The number of rotatable bonds is 8. The number of urea groups is 1. The van der Waals surface area contributed by atoms with Crippen LogP contribution in [0.2, 0.25) is 0 Å². The number of carbonyl (C=O) groups is 2. The van der Waals surface area contributed by atoms with Crippen LogP contribution in [0.5, 0.6) is 17.2 Å². The van der Waals surface area contributed by atoms with Gasteiger partial charge in [0.1, 0.15) is 5.75 Å². The van der Waals surface area contributed by atoms with Crippen LogP contribution in [-0.2, 0) is 21.8 Å². The fraction of sp³-hybridized carbons (Fsp3) is 0.500. The zero-order chi connectivity index (χ0) is 36.0. The molecule has 0 bridgehead atoms. The van der Waals surface area contributed by atoms with Crippen molar-refractivity contribution >= 4 is 33.3 Å². The van der Waals surface area contributed by atoms with Gasteiger partial charge in [-0.15, -0.1) is 0 Å². The Labute approximate surface area is 292 Å². The number of likely N-dealkylation sites (N-methyl/N-ethyl adjacent to an activating group) is 1. The third kappa shape index (κ3) is 8.85. The highest BCUT2D eigenvalue weighted by molar-refractivity contribution is 7.89. The lowest BCUT2D eigenvalue weighted by molar-refractivity contribution is -0.00835. The summed E-state index contributed by atoms with van der Waals surface area (Å²) in [6, 6.07) is 8.76. The average Bonchev–Trinajstić information content (AvgIpc) is 3.75. The second-order valence-electron chi connectivity index (χ2n) is 12.8. The summed E-state index contributed by atoms with van der Waals surface area (Å²) in [4.78, 5) is 32.9. The smallest absolute Gasteiger partial charge is 0.323 e. The lowest BCUT2D eigenvalue weighted by atomic mass is 10.0. The Morgan fingerprint density at radius 3 is 2.48 bits per heavy atom. The molecular formula is C34H46N6O9S. The van der Waals surface area contributed by atoms with Crippen molar-refractivity contribution < 1.29 is 42.1 Å². The predicted molar refractivity (Wildman–Crippen MR) is 185 cm³/mol. The number of benzene rings is 2. The van der Waals surface area contributed by atoms with Gasteiger partial charge in [-0.05, 0) is 63.4 Å². The number of aromatic nitrogens is 2. The maximum atomic E-state index is 14.4. The molecule has 3 aromatic rings. The first kappa shape index (κ1) is 36.9. The Morgan fingerprint density at radius 2 is 1.78 bits per heavy atom. The van der Waals surface area contributed by atoms with Crippen LogP contribution in [0.3, 0.4) is 0 Å². The number of amides is 3. The molecule has 0 saturated heterocycles. The molecule has 2 aromatic carbocycles. The third-order valence-electron chi connectivity index (χ3n) is 8.73. The monoisotopic (exact) mass is 714 g/mol. The van der Waals surface area contributed by atoms with Gasteiger partial charge in [0.15, 0.2) is 16.5 Å². The van der Waals surface area contributed by atoms with Crippen LogP contribution >= 0.6 is 0 Å². The molecule has 2 aliphatic heterocycles. The van der Waals surface area contributed by atoms with E-state index < -0.39 is 34.1 Å². The summed E-state index contributed by atoms with van der Waals surface area (Å²) in [7, 11) is -0.720. The van der Waals surface area contributed by atoms with Gasteiger partial charge in [0.05, 0.1) is 36.7 Å². The molecule has 0 aliphatic carbocycles. The lowest BCUT2D eigenvalue weighted by Gasteiger charge is -2.35. The van der Waals surface area contributed by atoms with Crippen molar-refractivity contribution in [3.63, 3.8) is 0 Å². The molecule has 1 aromatic heterocycles. The number of aryl methyl sites for hydroxylation is 1. The minimum absolute atomic E-state index is 0.0261. The number of anilines is 2. The van der Waals surface area contributed by atoms with E-state index in [0.717, 1.165) is 12.8 Å². The van der Waals surface area contributed by atoms with Crippen LogP contribution in [0.1, 0.15) is 50.4 Å². The number of fused-ring (bicyclic) bond motifs is 2. The first-order chi connectivity index (χ1) is 23.8. The number of imidazole rings is 1. The fourth-order valence-corrected chi connectivity index (χ4v) is 6.91. The zero-order valence-corrected chi connectivity index (χ0v) is 29.8. The minimum Gasteiger partial charge on any atom is -0.490 e. The Morgan fingerprint density at radius 1 is 1.08 bits per heavy atom. The summed E-state index contributed by atoms with van der Waals surface area (Å²) in [6.45, 7) is 5.88. The normalized spacial score (nSPS) is 20.8. The number of carbonyl (C=O) groups excluding carboxylic acids is 2. The van der Waals surface area contributed by atoms with E-state index in [-0.39, 0.29) is 49.1 Å². The van der Waals surface area contributed by atoms with Gasteiger partial charge in [-0.1, -0.05) is 6.92 Å². The van der Waals surface area contributed by atoms with Crippen molar-refractivity contribution in [3.05, 3.63) is 54.5 Å². The highest BCUT2D eigenvalue weighted by atomic mass is 32.2. The molecule has 0 fully saturated rings. The molecule has 0 spiro atoms. The molecule has 0 unspecified atom stereocenters. The predicted octanol–water partition coefficient (Wildman–Crippen LogP) is 3.91. The van der Waals surface area contributed by atoms with Gasteiger partial charge in [-0.25, -0.2) is 18.2 Å². The van der Waals surface area contributed by atoms with E-state index in [1.54, 1.807) is 54.9 Å². The molecule has 4 atom stereocenters. The van der Waals surface area contributed by atoms with Gasteiger partial charge >= 0.3 is 6.03 Å². The van der Waals surface area contributed by atoms with E-state index in [1.807, 2.05) is 13.8 Å². The van der Waals surface area contributed by atoms with Crippen molar-refractivity contribution in [1.29, 1.82) is 0 Å². The van der Waals surface area contributed by atoms with Crippen LogP contribution < -0.4 is 24.8 Å². The summed E-state index contributed by atoms with van der Waals surface area (Å²) in [5.41, 5.74) is 1.04. The van der Waals surface area contributed by atoms with Crippen LogP contribution in [0, 0.1) is 5.92 Å². The Bertz CT molecular complexity index is 1770. The summed E-state index contributed by atoms with van der Waals surface area (Å²) in [5, 5.41) is 15.7. The molecule has 2 aliphatic rings. The van der Waals surface area contributed by atoms with Gasteiger partial charge in [0.25, 0.3) is 15.9 Å². The molecule has 5 rings (SSSR count). The molecule has 0 radical (unpaired) electrons. The highest BCUT2D eigenvalue weighted by Gasteiger charge is 2.33. The minimum atomic E-state index is -3.90. The fourth-order valence-electron chi connectivity index (χ4n) is 5.76. The molecule has 15 nitrogen and oxygen atoms in total. The molecule has 3 N–H and O–H groups in total. The number of ether oxygens (including phenoxy) is 4. The standard InChI is InChI=1S/C34H46N6O9S/c1-22-16-40(23(2)19-41)33(42)27-14-25(36-34(43)37-26-10-12-29-30(15-26)48-21-47-29)9-11-28(27)49-24(3)8-6-7-13-46-31(22)17-39(5)50(44,45)32-18-38(4)20-35-32/h9-12,14-15,18,20,22-24,31,41H,6-8,13,16-17,19,21H2,1-5H3,(H2,36,37,43)/t22-,23-,24+,31-/m1/s1. The number of hydrogen-bond donors (Lipinski definition) is 3. The molecule has 3 amide bonds. The Hall–Kier alpha value is -4.38. The first-order valence-corrected chi connectivity index (χ1v) is 18.1. The van der Waals surface area contributed by atoms with E-state index in [9.17, 15) is 23.1 Å². The molecule has 3 heterocycles. The van der Waals surface area contributed by atoms with E-state index in [0.29, 0.717) is 41.7 Å². The molecule has 272 valence electrons. The number of sulfonamides is 1. The number of nitrogens with zero attached hydrogens (tertiary/aromatic N) is 4. The summed E-state index contributed by atoms with van der Waals surface area (Å²) in [6.07, 6.45) is 4.22. The SMILES string of the molecule is C[C@@H]1CN([C@H](C)CO)C(=O)c2cc(NC(=O)Nc3ccc4c(c3)OCO4)ccc2O[C@@H](C)CCCCO[C@@H]1CN(C)S(=O)(=O)c1cn(C)cn1. The number of nitrogens with one attached hydrogen (secondary N) is 2. The first-order valence-electron chi connectivity index (χ1n) is 16.6. The van der Waals surface area contributed by atoms with Crippen LogP contribution in [0.25, 0.3) is 0 Å². The maximum Gasteiger partial charge on any atom is 0.323 e. The maximum absolute atomic E-state index is 14.4. The highest BCUT2D eigenvalue weighted by Crippen LogP contribution is 2.34. The van der Waals surface area contributed by atoms with Crippen molar-refractivity contribution in [3.8, 4) is 17.2 Å². The lowest BCUT2D eigenvalue weighted by Crippen LogP contribution is -2.48. The summed E-state index contributed by atoms with van der Waals surface area (Å²) >= 11 is 0. The van der Waals surface area contributed by atoms with Gasteiger partial charge in [-0.2, -0.15) is 4.31 Å². The number of hydrogen-bond acceptors (Lipinski definition) is 10. The van der Waals surface area contributed by atoms with Crippen LogP contribution in [0.4, 0.5) is 16.2 Å². The van der Waals surface area contributed by atoms with Crippen molar-refractivity contribution in [1.82, 2.24) is 18.8 Å². The molecule has 0 saturated carbocycles. The van der Waals surface area contributed by atoms with Gasteiger partial charge in [-0.3, -0.25) is 4.79 Å². The van der Waals surface area contributed by atoms with E-state index in [1.165, 1.54) is 28.8 Å². The molecular weight excluding hydrogens is 668 g/mol. The van der Waals surface area contributed by atoms with Crippen molar-refractivity contribution in [2.45, 2.75) is 63.3 Å². The largest absolute Gasteiger partial charge is 0.490 e. The molecule has 50 heavy (non-hydrogen) atoms. The number of aliphatic hydroxyl groups is 1. The topological polar surface area (TPSA) is 174 Å². The van der Waals surface area contributed by atoms with Crippen LogP contribution in [0.15, 0.2) is 53.9 Å². The van der Waals surface area contributed by atoms with E-state index in [4.69, 9.17) is 18.9 Å². The quantitative estimate of drug-likeness (QED) is 0.311. The van der Waals surface area contributed by atoms with Gasteiger partial charge in [0, 0.05) is 63.3 Å². The Kier molecular flexibility index (Phi) is 11.9. The second-order valence-corrected chi connectivity index (χ2v) is 14.8. The van der Waals surface area contributed by atoms with Crippen LogP contribution in [-0.4, -0.2) is 103 Å². The summed E-state index contributed by atoms with van der Waals surface area (Å²) in [5.74, 6) is 0.677. The van der Waals surface area contributed by atoms with E-state index in [2.05, 4.69) is 15.6 Å². The summed E-state index contributed by atoms with van der Waals surface area (Å²) < 4.78 is 52.7. The van der Waals surface area contributed by atoms with Gasteiger partial charge < -0.3 is 44.2 Å². The second kappa shape index (κ2) is 16.1. The third-order valence-corrected chi connectivity index (χ3v) is 10.4. The zero-order valence-electron chi connectivity index (χ0n) is 29.0. The van der Waals surface area contributed by atoms with Crippen molar-refractivity contribution in [2.75, 3.05) is 50.8 Å². The average molecular weight is 715 g/mol. The Balaban J connectivity index is 1.39.